The van der Waals surface area contributed by atoms with Crippen LogP contribution >= 0.6 is 11.3 Å². The van der Waals surface area contributed by atoms with Crippen LogP contribution in [0.3, 0.4) is 0 Å². The van der Waals surface area contributed by atoms with Gasteiger partial charge >= 0.3 is 0 Å². The van der Waals surface area contributed by atoms with E-state index in [1.54, 1.807) is 11.3 Å². The Labute approximate surface area is 118 Å². The summed E-state index contributed by atoms with van der Waals surface area (Å²) in [7, 11) is 0. The first-order valence-electron chi connectivity index (χ1n) is 6.58. The number of anilines is 2. The Bertz CT molecular complexity index is 524. The van der Waals surface area contributed by atoms with Gasteiger partial charge < -0.3 is 10.6 Å². The minimum Gasteiger partial charge on any atom is -0.370 e. The van der Waals surface area contributed by atoms with Crippen LogP contribution in [-0.4, -0.2) is 16.5 Å². The van der Waals surface area contributed by atoms with Crippen LogP contribution in [0.1, 0.15) is 37.0 Å². The molecule has 0 radical (unpaired) electrons. The van der Waals surface area contributed by atoms with Crippen LogP contribution in [0.25, 0.3) is 0 Å². The minimum atomic E-state index is 0.174. The zero-order valence-corrected chi connectivity index (χ0v) is 12.4. The normalized spacial score (nSPS) is 12.2. The SMILES string of the molecule is CCCNc1cccc(NC(C)c2nc(C)cs2)n1. The Hall–Kier alpha value is -1.62. The maximum Gasteiger partial charge on any atom is 0.128 e. The van der Waals surface area contributed by atoms with E-state index in [1.807, 2.05) is 25.1 Å². The van der Waals surface area contributed by atoms with E-state index in [-0.39, 0.29) is 6.04 Å². The Kier molecular flexibility index (Phi) is 4.74. The average molecular weight is 276 g/mol. The molecule has 0 saturated heterocycles. The van der Waals surface area contributed by atoms with E-state index in [1.165, 1.54) is 0 Å². The molecule has 102 valence electrons. The minimum absolute atomic E-state index is 0.174. The first-order valence-corrected chi connectivity index (χ1v) is 7.46. The summed E-state index contributed by atoms with van der Waals surface area (Å²) in [5.74, 6) is 1.79. The lowest BCUT2D eigenvalue weighted by molar-refractivity contribution is 0.855. The van der Waals surface area contributed by atoms with Gasteiger partial charge in [-0.05, 0) is 32.4 Å². The molecule has 2 N–H and O–H groups in total. The van der Waals surface area contributed by atoms with Gasteiger partial charge in [0, 0.05) is 17.6 Å². The molecule has 0 saturated carbocycles. The molecule has 2 aromatic heterocycles. The summed E-state index contributed by atoms with van der Waals surface area (Å²) in [4.78, 5) is 9.03. The summed E-state index contributed by atoms with van der Waals surface area (Å²) in [5, 5.41) is 9.83. The second kappa shape index (κ2) is 6.52. The molecule has 4 nitrogen and oxygen atoms in total. The second-order valence-corrected chi connectivity index (χ2v) is 5.42. The van der Waals surface area contributed by atoms with Crippen LogP contribution in [0, 0.1) is 6.92 Å². The highest BCUT2D eigenvalue weighted by atomic mass is 32.1. The third-order valence-corrected chi connectivity index (χ3v) is 3.82. The van der Waals surface area contributed by atoms with Crippen LogP contribution in [0.15, 0.2) is 23.6 Å². The van der Waals surface area contributed by atoms with E-state index in [4.69, 9.17) is 0 Å². The standard InChI is InChI=1S/C14H20N4S/c1-4-8-15-12-6-5-7-13(18-12)17-11(3)14-16-10(2)9-19-14/h5-7,9,11H,4,8H2,1-3H3,(H2,15,17,18). The number of pyridine rings is 1. The number of thiazole rings is 1. The zero-order valence-electron chi connectivity index (χ0n) is 11.6. The Balaban J connectivity index is 2.02. The quantitative estimate of drug-likeness (QED) is 0.841. The van der Waals surface area contributed by atoms with Gasteiger partial charge in [0.15, 0.2) is 0 Å². The molecule has 19 heavy (non-hydrogen) atoms. The van der Waals surface area contributed by atoms with E-state index in [0.29, 0.717) is 0 Å². The molecule has 0 amide bonds. The zero-order chi connectivity index (χ0) is 13.7. The Morgan fingerprint density at radius 3 is 2.74 bits per heavy atom. The van der Waals surface area contributed by atoms with Gasteiger partial charge in [0.2, 0.25) is 0 Å². The summed E-state index contributed by atoms with van der Waals surface area (Å²) >= 11 is 1.68. The average Bonchev–Trinajstić information content (AvgIpc) is 2.83. The van der Waals surface area contributed by atoms with Gasteiger partial charge in [0.1, 0.15) is 16.6 Å². The summed E-state index contributed by atoms with van der Waals surface area (Å²) in [6.07, 6.45) is 1.09. The van der Waals surface area contributed by atoms with Crippen molar-refractivity contribution in [2.75, 3.05) is 17.2 Å². The van der Waals surface area contributed by atoms with Crippen molar-refractivity contribution < 1.29 is 0 Å². The molecular formula is C14H20N4S. The number of hydrogen-bond acceptors (Lipinski definition) is 5. The lowest BCUT2D eigenvalue weighted by atomic mass is 10.3. The third kappa shape index (κ3) is 3.92. The van der Waals surface area contributed by atoms with E-state index in [9.17, 15) is 0 Å². The fourth-order valence-electron chi connectivity index (χ4n) is 1.72. The molecule has 5 heteroatoms. The Morgan fingerprint density at radius 2 is 2.05 bits per heavy atom. The molecule has 1 atom stereocenters. The van der Waals surface area contributed by atoms with Crippen LogP contribution in [0.4, 0.5) is 11.6 Å². The first kappa shape index (κ1) is 13.8. The van der Waals surface area contributed by atoms with E-state index < -0.39 is 0 Å². The van der Waals surface area contributed by atoms with Crippen molar-refractivity contribution in [3.05, 3.63) is 34.3 Å². The van der Waals surface area contributed by atoms with Crippen molar-refractivity contribution >= 4 is 23.0 Å². The smallest absolute Gasteiger partial charge is 0.128 e. The third-order valence-electron chi connectivity index (χ3n) is 2.68. The van der Waals surface area contributed by atoms with Crippen molar-refractivity contribution in [2.45, 2.75) is 33.2 Å². The molecule has 2 rings (SSSR count). The predicted octanol–water partition coefficient (Wildman–Crippen LogP) is 3.84. The number of nitrogens with zero attached hydrogens (tertiary/aromatic N) is 2. The molecule has 0 aromatic carbocycles. The number of hydrogen-bond donors (Lipinski definition) is 2. The second-order valence-electron chi connectivity index (χ2n) is 4.53. The molecule has 0 spiro atoms. The lowest BCUT2D eigenvalue weighted by Gasteiger charge is -2.13. The fourth-order valence-corrected chi connectivity index (χ4v) is 2.52. The maximum atomic E-state index is 4.54. The summed E-state index contributed by atoms with van der Waals surface area (Å²) in [6.45, 7) is 7.20. The summed E-state index contributed by atoms with van der Waals surface area (Å²) in [5.41, 5.74) is 1.07. The number of rotatable bonds is 6. The maximum absolute atomic E-state index is 4.54. The van der Waals surface area contributed by atoms with Crippen molar-refractivity contribution in [3.63, 3.8) is 0 Å². The molecule has 1 unspecified atom stereocenters. The van der Waals surface area contributed by atoms with E-state index in [0.717, 1.165) is 35.3 Å². The fraction of sp³-hybridized carbons (Fsp3) is 0.429. The van der Waals surface area contributed by atoms with Gasteiger partial charge in [-0.25, -0.2) is 9.97 Å². The predicted molar refractivity (Wildman–Crippen MR) is 81.9 cm³/mol. The molecule has 2 aromatic rings. The van der Waals surface area contributed by atoms with Crippen molar-refractivity contribution in [1.82, 2.24) is 9.97 Å². The van der Waals surface area contributed by atoms with Crippen LogP contribution in [0.5, 0.6) is 0 Å². The Morgan fingerprint density at radius 1 is 1.26 bits per heavy atom. The molecule has 0 fully saturated rings. The van der Waals surface area contributed by atoms with Crippen molar-refractivity contribution in [1.29, 1.82) is 0 Å². The monoisotopic (exact) mass is 276 g/mol. The molecular weight excluding hydrogens is 256 g/mol. The molecule has 2 heterocycles. The summed E-state index contributed by atoms with van der Waals surface area (Å²) in [6, 6.07) is 6.15. The highest BCUT2D eigenvalue weighted by molar-refractivity contribution is 7.09. The van der Waals surface area contributed by atoms with Gasteiger partial charge in [-0.1, -0.05) is 13.0 Å². The van der Waals surface area contributed by atoms with Crippen LogP contribution in [-0.2, 0) is 0 Å². The molecule has 0 aliphatic heterocycles. The number of aryl methyl sites for hydroxylation is 1. The van der Waals surface area contributed by atoms with Gasteiger partial charge in [-0.3, -0.25) is 0 Å². The molecule has 0 aliphatic rings. The van der Waals surface area contributed by atoms with Gasteiger partial charge in [-0.15, -0.1) is 11.3 Å². The van der Waals surface area contributed by atoms with Crippen molar-refractivity contribution in [2.24, 2.45) is 0 Å². The lowest BCUT2D eigenvalue weighted by Crippen LogP contribution is -2.09. The van der Waals surface area contributed by atoms with Gasteiger partial charge in [-0.2, -0.15) is 0 Å². The van der Waals surface area contributed by atoms with E-state index >= 15 is 0 Å². The van der Waals surface area contributed by atoms with E-state index in [2.05, 4.69) is 39.8 Å². The largest absolute Gasteiger partial charge is 0.370 e. The van der Waals surface area contributed by atoms with Crippen LogP contribution in [0.2, 0.25) is 0 Å². The highest BCUT2D eigenvalue weighted by Crippen LogP contribution is 2.21. The number of aromatic nitrogens is 2. The highest BCUT2D eigenvalue weighted by Gasteiger charge is 2.09. The van der Waals surface area contributed by atoms with Crippen LogP contribution < -0.4 is 10.6 Å². The summed E-state index contributed by atoms with van der Waals surface area (Å²) < 4.78 is 0. The number of nitrogens with one attached hydrogen (secondary N) is 2. The first-order chi connectivity index (χ1) is 9.19. The molecule has 0 aliphatic carbocycles. The van der Waals surface area contributed by atoms with Gasteiger partial charge in [0.25, 0.3) is 0 Å². The van der Waals surface area contributed by atoms with Crippen molar-refractivity contribution in [3.8, 4) is 0 Å². The topological polar surface area (TPSA) is 49.8 Å². The van der Waals surface area contributed by atoms with Gasteiger partial charge in [0.05, 0.1) is 6.04 Å². The molecule has 0 bridgehead atoms.